The van der Waals surface area contributed by atoms with E-state index in [1.165, 1.54) is 14.2 Å². The fraction of sp³-hybridized carbons (Fsp3) is 0.444. The van der Waals surface area contributed by atoms with Gasteiger partial charge >= 0.3 is 0 Å². The summed E-state index contributed by atoms with van der Waals surface area (Å²) in [6.07, 6.45) is 1.63. The van der Waals surface area contributed by atoms with Gasteiger partial charge in [-0.3, -0.25) is 14.4 Å². The van der Waals surface area contributed by atoms with Crippen molar-refractivity contribution in [3.05, 3.63) is 59.6 Å². The number of nitrogens with zero attached hydrogens (tertiary/aromatic N) is 2. The number of Topliss-reactive ketones (excluding diaryl/α,β-unsaturated/α-hetero) is 2. The second-order valence-corrected chi connectivity index (χ2v) is 9.72. The summed E-state index contributed by atoms with van der Waals surface area (Å²) in [6.45, 7) is 10.5. The molecule has 1 aromatic rings. The molecule has 9 heteroatoms. The average molecular weight is 537 g/mol. The summed E-state index contributed by atoms with van der Waals surface area (Å²) < 4.78 is 10.3. The Morgan fingerprint density at radius 2 is 1.47 bits per heavy atom. The summed E-state index contributed by atoms with van der Waals surface area (Å²) in [5.41, 5.74) is 1.17. The Hall–Kier alpha value is -2.77. The molecule has 0 saturated heterocycles. The number of amides is 1. The Balaban J connectivity index is 2.35. The highest BCUT2D eigenvalue weighted by Gasteiger charge is 2.42. The molecular weight excluding hydrogens is 503 g/mol. The van der Waals surface area contributed by atoms with Crippen molar-refractivity contribution in [1.29, 1.82) is 0 Å². The number of carbonyl (C=O) groups excluding carboxylic acids is 3. The van der Waals surface area contributed by atoms with Crippen LogP contribution >= 0.6 is 23.2 Å². The number of halogens is 2. The van der Waals surface area contributed by atoms with Gasteiger partial charge in [-0.1, -0.05) is 19.9 Å². The maximum atomic E-state index is 13.5. The maximum Gasteiger partial charge on any atom is 0.228 e. The number of benzene rings is 1. The van der Waals surface area contributed by atoms with Gasteiger partial charge in [-0.15, -0.1) is 29.8 Å². The Morgan fingerprint density at radius 3 is 1.94 bits per heavy atom. The van der Waals surface area contributed by atoms with Crippen molar-refractivity contribution in [2.75, 3.05) is 55.4 Å². The zero-order valence-corrected chi connectivity index (χ0v) is 23.0. The second kappa shape index (κ2) is 13.0. The van der Waals surface area contributed by atoms with Gasteiger partial charge in [0.15, 0.2) is 0 Å². The number of alkyl halides is 2. The molecule has 0 heterocycles. The summed E-state index contributed by atoms with van der Waals surface area (Å²) in [6, 6.07) is 7.55. The maximum absolute atomic E-state index is 13.5. The third kappa shape index (κ3) is 6.31. The lowest BCUT2D eigenvalue weighted by molar-refractivity contribution is -0.123. The van der Waals surface area contributed by atoms with E-state index in [0.717, 1.165) is 5.69 Å². The van der Waals surface area contributed by atoms with Crippen LogP contribution in [0.25, 0.3) is 0 Å². The van der Waals surface area contributed by atoms with E-state index in [2.05, 4.69) is 11.5 Å². The monoisotopic (exact) mass is 536 g/mol. The molecule has 0 unspecified atom stereocenters. The van der Waals surface area contributed by atoms with Gasteiger partial charge in [0, 0.05) is 65.8 Å². The Bertz CT molecular complexity index is 1050. The van der Waals surface area contributed by atoms with E-state index < -0.39 is 17.0 Å². The summed E-state index contributed by atoms with van der Waals surface area (Å²) in [5, 5.41) is 0. The number of methoxy groups -OCH3 is 2. The molecule has 1 aliphatic rings. The highest BCUT2D eigenvalue weighted by Crippen LogP contribution is 2.40. The number of rotatable bonds is 13. The number of anilines is 2. The molecule has 7 nitrogen and oxygen atoms in total. The molecular formula is C27H34Cl2N2O5. The quantitative estimate of drug-likeness (QED) is 0.203. The van der Waals surface area contributed by atoms with E-state index in [9.17, 15) is 14.4 Å². The predicted molar refractivity (Wildman–Crippen MR) is 145 cm³/mol. The molecule has 0 N–H and O–H groups in total. The van der Waals surface area contributed by atoms with Gasteiger partial charge in [-0.25, -0.2) is 0 Å². The molecule has 196 valence electrons. The van der Waals surface area contributed by atoms with Crippen LogP contribution in [0.3, 0.4) is 0 Å². The van der Waals surface area contributed by atoms with Crippen LogP contribution in [-0.4, -0.2) is 63.1 Å². The van der Waals surface area contributed by atoms with Crippen molar-refractivity contribution in [2.45, 2.75) is 27.2 Å². The van der Waals surface area contributed by atoms with E-state index in [-0.39, 0.29) is 41.5 Å². The number of hydrogen-bond donors (Lipinski definition) is 0. The van der Waals surface area contributed by atoms with Crippen LogP contribution in [0.15, 0.2) is 59.6 Å². The van der Waals surface area contributed by atoms with Crippen LogP contribution in [0.1, 0.15) is 27.2 Å². The lowest BCUT2D eigenvalue weighted by Crippen LogP contribution is -2.38. The molecule has 0 spiro atoms. The van der Waals surface area contributed by atoms with Gasteiger partial charge in [-0.2, -0.15) is 0 Å². The van der Waals surface area contributed by atoms with Crippen LogP contribution in [0, 0.1) is 5.41 Å². The summed E-state index contributed by atoms with van der Waals surface area (Å²) >= 11 is 11.8. The number of carbonyl (C=O) groups is 3. The molecule has 0 aromatic heterocycles. The third-order valence-corrected chi connectivity index (χ3v) is 6.43. The van der Waals surface area contributed by atoms with Crippen molar-refractivity contribution >= 4 is 52.1 Å². The van der Waals surface area contributed by atoms with Crippen molar-refractivity contribution in [2.24, 2.45) is 5.41 Å². The minimum Gasteiger partial charge on any atom is -0.489 e. The first-order valence-corrected chi connectivity index (χ1v) is 12.7. The summed E-state index contributed by atoms with van der Waals surface area (Å²) in [4.78, 5) is 43.3. The molecule has 0 atom stereocenters. The lowest BCUT2D eigenvalue weighted by Gasteiger charge is -2.33. The molecule has 2 rings (SSSR count). The summed E-state index contributed by atoms with van der Waals surface area (Å²) in [5.74, 6) is -0.442. The fourth-order valence-electron chi connectivity index (χ4n) is 4.42. The highest BCUT2D eigenvalue weighted by atomic mass is 35.5. The van der Waals surface area contributed by atoms with E-state index in [1.807, 2.05) is 24.3 Å². The van der Waals surface area contributed by atoms with Gasteiger partial charge < -0.3 is 19.3 Å². The van der Waals surface area contributed by atoms with Gasteiger partial charge in [0.2, 0.25) is 29.0 Å². The molecule has 0 bridgehead atoms. The molecule has 0 saturated carbocycles. The fourth-order valence-corrected chi connectivity index (χ4v) is 4.83. The topological polar surface area (TPSA) is 76.1 Å². The van der Waals surface area contributed by atoms with Gasteiger partial charge in [0.1, 0.15) is 0 Å². The number of hydrogen-bond acceptors (Lipinski definition) is 6. The van der Waals surface area contributed by atoms with Gasteiger partial charge in [0.05, 0.1) is 14.2 Å². The highest BCUT2D eigenvalue weighted by molar-refractivity contribution is 6.24. The largest absolute Gasteiger partial charge is 0.489 e. The number of allylic oxidation sites excluding steroid dienone is 2. The molecule has 0 aliphatic heterocycles. The van der Waals surface area contributed by atoms with Crippen LogP contribution in [-0.2, 0) is 23.9 Å². The molecule has 0 radical (unpaired) electrons. The van der Waals surface area contributed by atoms with Crippen molar-refractivity contribution in [3.8, 4) is 0 Å². The average Bonchev–Trinajstić information content (AvgIpc) is 2.84. The Morgan fingerprint density at radius 1 is 0.972 bits per heavy atom. The van der Waals surface area contributed by atoms with Gasteiger partial charge in [-0.05, 0) is 31.2 Å². The van der Waals surface area contributed by atoms with Gasteiger partial charge in [0.25, 0.3) is 0 Å². The Labute approximate surface area is 223 Å². The third-order valence-electron chi connectivity index (χ3n) is 6.09. The zero-order valence-electron chi connectivity index (χ0n) is 21.5. The van der Waals surface area contributed by atoms with Crippen LogP contribution in [0.5, 0.6) is 0 Å². The standard InChI is InChI=1S/C27H34Cl2N2O5/c1-7-14-31(20-10-8-19(9-11-20)30(15-12-28)16-13-29)21(32)17-27(3,4)22-18(2)23(33)25(35-5)26(36-6)24(22)34/h7-11H,1,12-17H2,2-6H3. The van der Waals surface area contributed by atoms with E-state index in [4.69, 9.17) is 32.7 Å². The minimum atomic E-state index is -0.951. The SMILES string of the molecule is C=CCN(C(=O)CC(C)(C)C1=C(C)C(=O)C(OC)=C(OC)C1=O)c1ccc(N(CCCl)CCCl)cc1. The first kappa shape index (κ1) is 29.5. The molecule has 1 amide bonds. The normalized spacial score (nSPS) is 14.2. The molecule has 1 aromatic carbocycles. The number of ketones is 2. The predicted octanol–water partition coefficient (Wildman–Crippen LogP) is 4.88. The molecule has 36 heavy (non-hydrogen) atoms. The van der Waals surface area contributed by atoms with E-state index in [1.54, 1.807) is 31.7 Å². The van der Waals surface area contributed by atoms with Crippen LogP contribution in [0.2, 0.25) is 0 Å². The van der Waals surface area contributed by atoms with Crippen molar-refractivity contribution in [3.63, 3.8) is 0 Å². The van der Waals surface area contributed by atoms with E-state index in [0.29, 0.717) is 30.5 Å². The Kier molecular flexibility index (Phi) is 10.6. The molecule has 1 aliphatic carbocycles. The molecule has 0 fully saturated rings. The van der Waals surface area contributed by atoms with Crippen molar-refractivity contribution in [1.82, 2.24) is 0 Å². The van der Waals surface area contributed by atoms with E-state index >= 15 is 0 Å². The van der Waals surface area contributed by atoms with Crippen molar-refractivity contribution < 1.29 is 23.9 Å². The number of ether oxygens (including phenoxy) is 2. The lowest BCUT2D eigenvalue weighted by atomic mass is 9.73. The second-order valence-electron chi connectivity index (χ2n) is 8.96. The smallest absolute Gasteiger partial charge is 0.228 e. The van der Waals surface area contributed by atoms with Crippen LogP contribution in [0.4, 0.5) is 11.4 Å². The van der Waals surface area contributed by atoms with Crippen LogP contribution < -0.4 is 9.80 Å². The minimum absolute atomic E-state index is 0.0157. The first-order valence-electron chi connectivity index (χ1n) is 11.6. The first-order chi connectivity index (χ1) is 17.1. The zero-order chi connectivity index (χ0) is 27.0. The summed E-state index contributed by atoms with van der Waals surface area (Å²) in [7, 11) is 2.63.